The van der Waals surface area contributed by atoms with E-state index in [4.69, 9.17) is 8.83 Å². The highest BCUT2D eigenvalue weighted by Crippen LogP contribution is 2.25. The van der Waals surface area contributed by atoms with Crippen molar-refractivity contribution in [2.75, 3.05) is 7.05 Å². The largest absolute Gasteiger partial charge is 0.468 e. The number of sulfonamides is 1. The molecule has 0 aliphatic rings. The van der Waals surface area contributed by atoms with Gasteiger partial charge in [0.05, 0.1) is 37.0 Å². The van der Waals surface area contributed by atoms with Crippen molar-refractivity contribution in [2.45, 2.75) is 52.2 Å². The first-order valence-electron chi connectivity index (χ1n) is 10.8. The molecule has 0 radical (unpaired) electrons. The van der Waals surface area contributed by atoms with Crippen LogP contribution < -0.4 is 0 Å². The number of hydrogen-bond donors (Lipinski definition) is 0. The van der Waals surface area contributed by atoms with Crippen molar-refractivity contribution in [1.82, 2.24) is 18.7 Å². The summed E-state index contributed by atoms with van der Waals surface area (Å²) in [5.74, 6) is 1.19. The van der Waals surface area contributed by atoms with Crippen LogP contribution >= 0.6 is 0 Å². The van der Waals surface area contributed by atoms with Gasteiger partial charge in [0, 0.05) is 24.0 Å². The second kappa shape index (κ2) is 9.11. The third kappa shape index (κ3) is 4.38. The summed E-state index contributed by atoms with van der Waals surface area (Å²) in [7, 11) is -2.34. The summed E-state index contributed by atoms with van der Waals surface area (Å²) in [5, 5.41) is 4.39. The molecule has 4 heterocycles. The van der Waals surface area contributed by atoms with Crippen LogP contribution in [0.1, 0.15) is 44.7 Å². The van der Waals surface area contributed by atoms with E-state index in [1.807, 2.05) is 36.6 Å². The first-order valence-corrected chi connectivity index (χ1v) is 12.3. The van der Waals surface area contributed by atoms with Gasteiger partial charge in [-0.1, -0.05) is 0 Å². The molecule has 4 aromatic rings. The molecule has 0 bridgehead atoms. The maximum Gasteiger partial charge on any atom is 0.246 e. The standard InChI is InChI=1S/C24H28N4O5S/c1-16-12-22(18(3)27(16)14-21-9-7-11-33-21)23(29)15-28-19(4)24(17(2)25-28)34(30,31)26(5)13-20-8-6-10-32-20/h6-12H,13-15H2,1-5H3. The lowest BCUT2D eigenvalue weighted by molar-refractivity contribution is 0.0966. The zero-order valence-electron chi connectivity index (χ0n) is 19.9. The van der Waals surface area contributed by atoms with E-state index >= 15 is 0 Å². The lowest BCUT2D eigenvalue weighted by Crippen LogP contribution is -2.27. The van der Waals surface area contributed by atoms with Crippen LogP contribution in [-0.2, 0) is 29.7 Å². The van der Waals surface area contributed by atoms with Gasteiger partial charge in [-0.15, -0.1) is 0 Å². The molecule has 0 aliphatic carbocycles. The summed E-state index contributed by atoms with van der Waals surface area (Å²) in [4.78, 5) is 13.3. The quantitative estimate of drug-likeness (QED) is 0.334. The normalized spacial score (nSPS) is 12.1. The number of nitrogens with zero attached hydrogens (tertiary/aromatic N) is 4. The first-order chi connectivity index (χ1) is 16.1. The molecule has 9 nitrogen and oxygen atoms in total. The van der Waals surface area contributed by atoms with Crippen molar-refractivity contribution in [3.05, 3.63) is 82.7 Å². The highest BCUT2D eigenvalue weighted by atomic mass is 32.2. The molecule has 0 unspecified atom stereocenters. The van der Waals surface area contributed by atoms with E-state index in [1.54, 1.807) is 32.2 Å². The topological polar surface area (TPSA) is 103 Å². The molecule has 180 valence electrons. The van der Waals surface area contributed by atoms with Gasteiger partial charge in [0.15, 0.2) is 5.78 Å². The third-order valence-electron chi connectivity index (χ3n) is 6.00. The lowest BCUT2D eigenvalue weighted by atomic mass is 10.1. The number of aromatic nitrogens is 3. The molecule has 0 spiro atoms. The fourth-order valence-electron chi connectivity index (χ4n) is 4.18. The second-order valence-corrected chi connectivity index (χ2v) is 10.4. The molecule has 0 saturated carbocycles. The van der Waals surface area contributed by atoms with Gasteiger partial charge in [0.1, 0.15) is 23.0 Å². The van der Waals surface area contributed by atoms with Crippen molar-refractivity contribution < 1.29 is 22.0 Å². The molecule has 0 fully saturated rings. The van der Waals surface area contributed by atoms with Crippen LogP contribution in [-0.4, -0.2) is 39.9 Å². The van der Waals surface area contributed by atoms with Gasteiger partial charge < -0.3 is 13.4 Å². The molecule has 0 N–H and O–H groups in total. The van der Waals surface area contributed by atoms with E-state index in [1.165, 1.54) is 22.3 Å². The van der Waals surface area contributed by atoms with Crippen LogP contribution in [0.2, 0.25) is 0 Å². The Kier molecular flexibility index (Phi) is 6.37. The van der Waals surface area contributed by atoms with Crippen molar-refractivity contribution >= 4 is 15.8 Å². The summed E-state index contributed by atoms with van der Waals surface area (Å²) in [6.45, 7) is 7.70. The summed E-state index contributed by atoms with van der Waals surface area (Å²) >= 11 is 0. The minimum atomic E-state index is -3.83. The van der Waals surface area contributed by atoms with Gasteiger partial charge >= 0.3 is 0 Å². The molecule has 4 aromatic heterocycles. The van der Waals surface area contributed by atoms with Crippen LogP contribution in [0.3, 0.4) is 0 Å². The number of aryl methyl sites for hydroxylation is 2. The van der Waals surface area contributed by atoms with Gasteiger partial charge in [0.25, 0.3) is 0 Å². The minimum absolute atomic E-state index is 0.0604. The van der Waals surface area contributed by atoms with Crippen molar-refractivity contribution in [3.63, 3.8) is 0 Å². The molecule has 4 rings (SSSR count). The predicted molar refractivity (Wildman–Crippen MR) is 125 cm³/mol. The molecular weight excluding hydrogens is 456 g/mol. The van der Waals surface area contributed by atoms with E-state index in [0.29, 0.717) is 29.3 Å². The molecule has 0 atom stereocenters. The fourth-order valence-corrected chi connectivity index (χ4v) is 5.68. The van der Waals surface area contributed by atoms with E-state index in [2.05, 4.69) is 5.10 Å². The Labute approximate surface area is 198 Å². The molecular formula is C24H28N4O5S. The monoisotopic (exact) mass is 484 g/mol. The van der Waals surface area contributed by atoms with E-state index in [9.17, 15) is 13.2 Å². The Balaban J connectivity index is 1.58. The third-order valence-corrected chi connectivity index (χ3v) is 8.06. The maximum absolute atomic E-state index is 13.3. The molecule has 0 saturated heterocycles. The van der Waals surface area contributed by atoms with Crippen LogP contribution in [0.5, 0.6) is 0 Å². The van der Waals surface area contributed by atoms with E-state index in [0.717, 1.165) is 17.1 Å². The van der Waals surface area contributed by atoms with Gasteiger partial charge in [-0.25, -0.2) is 8.42 Å². The number of Topliss-reactive ketones (excluding diaryl/α,β-unsaturated/α-hetero) is 1. The first kappa shape index (κ1) is 23.8. The average Bonchev–Trinajstić information content (AvgIpc) is 3.56. The Morgan fingerprint density at radius 3 is 2.29 bits per heavy atom. The van der Waals surface area contributed by atoms with Gasteiger partial charge in [-0.3, -0.25) is 9.48 Å². The Bertz CT molecular complexity index is 1410. The van der Waals surface area contributed by atoms with E-state index < -0.39 is 10.0 Å². The van der Waals surface area contributed by atoms with Crippen LogP contribution in [0.4, 0.5) is 0 Å². The zero-order valence-corrected chi connectivity index (χ0v) is 20.7. The number of hydrogen-bond acceptors (Lipinski definition) is 6. The number of carbonyl (C=O) groups is 1. The summed E-state index contributed by atoms with van der Waals surface area (Å²) < 4.78 is 41.9. The number of ketones is 1. The molecule has 10 heteroatoms. The van der Waals surface area contributed by atoms with E-state index in [-0.39, 0.29) is 23.8 Å². The lowest BCUT2D eigenvalue weighted by Gasteiger charge is -2.16. The van der Waals surface area contributed by atoms with Gasteiger partial charge in [-0.05, 0) is 58.0 Å². The second-order valence-electron chi connectivity index (χ2n) is 8.37. The van der Waals surface area contributed by atoms with Crippen LogP contribution in [0.15, 0.2) is 56.6 Å². The summed E-state index contributed by atoms with van der Waals surface area (Å²) in [5.41, 5.74) is 3.11. The predicted octanol–water partition coefficient (Wildman–Crippen LogP) is 3.86. The molecule has 0 amide bonds. The Hall–Kier alpha value is -3.37. The highest BCUT2D eigenvalue weighted by molar-refractivity contribution is 7.89. The zero-order chi connectivity index (χ0) is 24.6. The maximum atomic E-state index is 13.3. The SMILES string of the molecule is Cc1nn(CC(=O)c2cc(C)n(Cc3ccco3)c2C)c(C)c1S(=O)(=O)N(C)Cc1ccco1. The molecule has 0 aromatic carbocycles. The smallest absolute Gasteiger partial charge is 0.246 e. The molecule has 34 heavy (non-hydrogen) atoms. The number of carbonyl (C=O) groups excluding carboxylic acids is 1. The Morgan fingerprint density at radius 1 is 1.03 bits per heavy atom. The van der Waals surface area contributed by atoms with Crippen molar-refractivity contribution in [2.24, 2.45) is 0 Å². The number of furan rings is 2. The molecule has 0 aliphatic heterocycles. The van der Waals surface area contributed by atoms with Crippen LogP contribution in [0.25, 0.3) is 0 Å². The summed E-state index contributed by atoms with van der Waals surface area (Å²) in [6, 6.07) is 9.00. The Morgan fingerprint density at radius 2 is 1.68 bits per heavy atom. The van der Waals surface area contributed by atoms with Gasteiger partial charge in [-0.2, -0.15) is 9.40 Å². The summed E-state index contributed by atoms with van der Waals surface area (Å²) in [6.07, 6.45) is 3.12. The van der Waals surface area contributed by atoms with Gasteiger partial charge in [0.2, 0.25) is 10.0 Å². The number of rotatable bonds is 9. The highest BCUT2D eigenvalue weighted by Gasteiger charge is 2.30. The minimum Gasteiger partial charge on any atom is -0.468 e. The fraction of sp³-hybridized carbons (Fsp3) is 0.333. The van der Waals surface area contributed by atoms with Crippen molar-refractivity contribution in [1.29, 1.82) is 0 Å². The van der Waals surface area contributed by atoms with Crippen LogP contribution in [0, 0.1) is 27.7 Å². The average molecular weight is 485 g/mol. The van der Waals surface area contributed by atoms with Crippen molar-refractivity contribution in [3.8, 4) is 0 Å².